The SMILES string of the molecule is CSCC[C@@H](NC(=O)/C(=C/c1ccc(Cl)cc1)NC(=O)c1ccco1)C(=O)O. The molecule has 0 bridgehead atoms. The van der Waals surface area contributed by atoms with Gasteiger partial charge in [0.2, 0.25) is 0 Å². The first-order valence-electron chi connectivity index (χ1n) is 8.25. The van der Waals surface area contributed by atoms with Gasteiger partial charge in [-0.05, 0) is 54.3 Å². The molecule has 1 heterocycles. The number of carboxylic acids is 1. The van der Waals surface area contributed by atoms with Crippen LogP contribution in [0.25, 0.3) is 6.08 Å². The van der Waals surface area contributed by atoms with Gasteiger partial charge in [0.05, 0.1) is 6.26 Å². The van der Waals surface area contributed by atoms with Crippen molar-refractivity contribution in [3.05, 3.63) is 64.7 Å². The minimum absolute atomic E-state index is 0.0203. The molecule has 2 amide bonds. The van der Waals surface area contributed by atoms with Gasteiger partial charge in [-0.1, -0.05) is 23.7 Å². The fourth-order valence-electron chi connectivity index (χ4n) is 2.20. The van der Waals surface area contributed by atoms with E-state index >= 15 is 0 Å². The third kappa shape index (κ3) is 6.47. The summed E-state index contributed by atoms with van der Waals surface area (Å²) in [6, 6.07) is 8.51. The van der Waals surface area contributed by atoms with E-state index in [1.54, 1.807) is 30.3 Å². The molecule has 0 spiro atoms. The lowest BCUT2D eigenvalue weighted by atomic mass is 10.1. The molecule has 2 aromatic rings. The lowest BCUT2D eigenvalue weighted by Gasteiger charge is -2.16. The van der Waals surface area contributed by atoms with E-state index in [2.05, 4.69) is 10.6 Å². The molecule has 1 atom stereocenters. The quantitative estimate of drug-likeness (QED) is 0.536. The Bertz CT molecular complexity index is 850. The molecule has 148 valence electrons. The number of rotatable bonds is 9. The first kappa shape index (κ1) is 21.6. The first-order chi connectivity index (χ1) is 13.4. The van der Waals surface area contributed by atoms with Crippen LogP contribution in [0.5, 0.6) is 0 Å². The monoisotopic (exact) mass is 422 g/mol. The van der Waals surface area contributed by atoms with Gasteiger partial charge in [-0.3, -0.25) is 9.59 Å². The highest BCUT2D eigenvalue weighted by Crippen LogP contribution is 2.13. The third-order valence-electron chi connectivity index (χ3n) is 3.63. The number of furan rings is 1. The summed E-state index contributed by atoms with van der Waals surface area (Å²) < 4.78 is 5.03. The van der Waals surface area contributed by atoms with E-state index < -0.39 is 23.8 Å². The van der Waals surface area contributed by atoms with Gasteiger partial charge in [-0.15, -0.1) is 0 Å². The summed E-state index contributed by atoms with van der Waals surface area (Å²) in [5.41, 5.74) is 0.490. The molecule has 0 aliphatic carbocycles. The Morgan fingerprint density at radius 3 is 2.54 bits per heavy atom. The number of carboxylic acid groups (broad SMARTS) is 1. The predicted molar refractivity (Wildman–Crippen MR) is 108 cm³/mol. The maximum absolute atomic E-state index is 12.7. The third-order valence-corrected chi connectivity index (χ3v) is 4.53. The Balaban J connectivity index is 2.25. The lowest BCUT2D eigenvalue weighted by Crippen LogP contribution is -2.44. The summed E-state index contributed by atoms with van der Waals surface area (Å²) in [6.07, 6.45) is 4.86. The number of hydrogen-bond acceptors (Lipinski definition) is 5. The van der Waals surface area contributed by atoms with Crippen molar-refractivity contribution < 1.29 is 23.9 Å². The number of hydrogen-bond donors (Lipinski definition) is 3. The lowest BCUT2D eigenvalue weighted by molar-refractivity contribution is -0.141. The summed E-state index contributed by atoms with van der Waals surface area (Å²) in [5.74, 6) is -1.91. The van der Waals surface area contributed by atoms with E-state index in [0.29, 0.717) is 16.3 Å². The zero-order valence-electron chi connectivity index (χ0n) is 15.0. The van der Waals surface area contributed by atoms with Crippen LogP contribution in [-0.2, 0) is 9.59 Å². The molecule has 0 fully saturated rings. The number of benzene rings is 1. The molecule has 0 radical (unpaired) electrons. The van der Waals surface area contributed by atoms with Crippen molar-refractivity contribution in [2.75, 3.05) is 12.0 Å². The number of nitrogens with one attached hydrogen (secondary N) is 2. The molecule has 9 heteroatoms. The Kier molecular flexibility index (Phi) is 8.16. The molecule has 1 aromatic heterocycles. The van der Waals surface area contributed by atoms with Gasteiger partial charge in [0.15, 0.2) is 5.76 Å². The van der Waals surface area contributed by atoms with Crippen LogP contribution >= 0.6 is 23.4 Å². The van der Waals surface area contributed by atoms with Gasteiger partial charge in [-0.2, -0.15) is 11.8 Å². The topological polar surface area (TPSA) is 109 Å². The number of carbonyl (C=O) groups excluding carboxylic acids is 2. The van der Waals surface area contributed by atoms with E-state index in [1.807, 2.05) is 6.26 Å². The van der Waals surface area contributed by atoms with Crippen LogP contribution in [0.1, 0.15) is 22.5 Å². The molecule has 0 saturated carbocycles. The van der Waals surface area contributed by atoms with E-state index in [4.69, 9.17) is 16.0 Å². The van der Waals surface area contributed by atoms with Crippen LogP contribution in [-0.4, -0.2) is 40.9 Å². The van der Waals surface area contributed by atoms with Crippen LogP contribution < -0.4 is 10.6 Å². The molecule has 1 aromatic carbocycles. The molecule has 0 aliphatic rings. The van der Waals surface area contributed by atoms with Gasteiger partial charge < -0.3 is 20.2 Å². The average Bonchev–Trinajstić information content (AvgIpc) is 3.20. The highest BCUT2D eigenvalue weighted by Gasteiger charge is 2.23. The Morgan fingerprint density at radius 2 is 1.96 bits per heavy atom. The number of halogens is 1. The molecular formula is C19H19ClN2O5S. The molecular weight excluding hydrogens is 404 g/mol. The summed E-state index contributed by atoms with van der Waals surface area (Å²) in [5, 5.41) is 14.8. The van der Waals surface area contributed by atoms with E-state index in [1.165, 1.54) is 30.2 Å². The van der Waals surface area contributed by atoms with Crippen LogP contribution in [0.3, 0.4) is 0 Å². The second-order valence-electron chi connectivity index (χ2n) is 5.69. The predicted octanol–water partition coefficient (Wildman–Crippen LogP) is 3.03. The Hall–Kier alpha value is -2.71. The van der Waals surface area contributed by atoms with Gasteiger partial charge in [0.1, 0.15) is 11.7 Å². The highest BCUT2D eigenvalue weighted by molar-refractivity contribution is 7.98. The standard InChI is InChI=1S/C19H19ClN2O5S/c1-28-10-8-14(19(25)26)21-17(23)15(11-12-4-6-13(20)7-5-12)22-18(24)16-3-2-9-27-16/h2-7,9,11,14H,8,10H2,1H3,(H,21,23)(H,22,24)(H,25,26)/b15-11-/t14-/m1/s1. The highest BCUT2D eigenvalue weighted by atomic mass is 35.5. The van der Waals surface area contributed by atoms with Crippen LogP contribution in [0.2, 0.25) is 5.02 Å². The number of carbonyl (C=O) groups is 3. The molecule has 0 unspecified atom stereocenters. The molecule has 2 rings (SSSR count). The minimum atomic E-state index is -1.15. The number of thioether (sulfide) groups is 1. The summed E-state index contributed by atoms with van der Waals surface area (Å²) in [6.45, 7) is 0. The number of aliphatic carboxylic acids is 1. The molecule has 0 saturated heterocycles. The molecule has 28 heavy (non-hydrogen) atoms. The summed E-state index contributed by atoms with van der Waals surface area (Å²) in [4.78, 5) is 36.4. The van der Waals surface area contributed by atoms with Crippen molar-refractivity contribution in [3.63, 3.8) is 0 Å². The largest absolute Gasteiger partial charge is 0.480 e. The van der Waals surface area contributed by atoms with Gasteiger partial charge in [0.25, 0.3) is 11.8 Å². The average molecular weight is 423 g/mol. The zero-order valence-corrected chi connectivity index (χ0v) is 16.5. The normalized spacial score (nSPS) is 12.3. The van der Waals surface area contributed by atoms with Crippen LogP contribution in [0.15, 0.2) is 52.8 Å². The number of amides is 2. The first-order valence-corrected chi connectivity index (χ1v) is 10.0. The van der Waals surface area contributed by atoms with Crippen molar-refractivity contribution in [2.24, 2.45) is 0 Å². The second-order valence-corrected chi connectivity index (χ2v) is 7.11. The van der Waals surface area contributed by atoms with Crippen molar-refractivity contribution in [1.82, 2.24) is 10.6 Å². The smallest absolute Gasteiger partial charge is 0.326 e. The van der Waals surface area contributed by atoms with Crippen LogP contribution in [0, 0.1) is 0 Å². The van der Waals surface area contributed by atoms with E-state index in [0.717, 1.165) is 0 Å². The maximum Gasteiger partial charge on any atom is 0.326 e. The molecule has 7 nitrogen and oxygen atoms in total. The van der Waals surface area contributed by atoms with E-state index in [-0.39, 0.29) is 17.9 Å². The fraction of sp³-hybridized carbons (Fsp3) is 0.211. The van der Waals surface area contributed by atoms with Gasteiger partial charge >= 0.3 is 5.97 Å². The second kappa shape index (κ2) is 10.6. The van der Waals surface area contributed by atoms with Crippen molar-refractivity contribution in [3.8, 4) is 0 Å². The minimum Gasteiger partial charge on any atom is -0.480 e. The molecule has 0 aliphatic heterocycles. The maximum atomic E-state index is 12.7. The fourth-order valence-corrected chi connectivity index (χ4v) is 2.80. The zero-order chi connectivity index (χ0) is 20.5. The van der Waals surface area contributed by atoms with Crippen LogP contribution in [0.4, 0.5) is 0 Å². The van der Waals surface area contributed by atoms with Gasteiger partial charge in [-0.25, -0.2) is 4.79 Å². The van der Waals surface area contributed by atoms with Crippen molar-refractivity contribution in [1.29, 1.82) is 0 Å². The molecule has 3 N–H and O–H groups in total. The van der Waals surface area contributed by atoms with Crippen molar-refractivity contribution in [2.45, 2.75) is 12.5 Å². The van der Waals surface area contributed by atoms with E-state index in [9.17, 15) is 19.5 Å². The Morgan fingerprint density at radius 1 is 1.25 bits per heavy atom. The summed E-state index contributed by atoms with van der Waals surface area (Å²) >= 11 is 7.34. The van der Waals surface area contributed by atoms with Gasteiger partial charge in [0, 0.05) is 5.02 Å². The summed E-state index contributed by atoms with van der Waals surface area (Å²) in [7, 11) is 0. The van der Waals surface area contributed by atoms with Crippen molar-refractivity contribution >= 4 is 47.2 Å². The Labute approximate surface area is 171 Å².